The molecule has 5 heteroatoms. The molecule has 0 amide bonds. The van der Waals surface area contributed by atoms with Crippen LogP contribution < -0.4 is 9.47 Å². The Morgan fingerprint density at radius 3 is 2.48 bits per heavy atom. The number of fused-ring (bicyclic) bond motifs is 1. The second-order valence-electron chi connectivity index (χ2n) is 7.38. The average molecular weight is 519 g/mol. The van der Waals surface area contributed by atoms with Gasteiger partial charge < -0.3 is 9.47 Å². The van der Waals surface area contributed by atoms with Crippen LogP contribution in [-0.2, 0) is 6.61 Å². The predicted octanol–water partition coefficient (Wildman–Crippen LogP) is 8.30. The minimum atomic E-state index is 0.405. The predicted molar refractivity (Wildman–Crippen MR) is 139 cm³/mol. The van der Waals surface area contributed by atoms with Gasteiger partial charge in [-0.25, -0.2) is 0 Å². The lowest BCUT2D eigenvalue weighted by molar-refractivity contribution is 0.267. The van der Waals surface area contributed by atoms with E-state index in [2.05, 4.69) is 52.3 Å². The van der Waals surface area contributed by atoms with Gasteiger partial charge in [0.15, 0.2) is 11.5 Å². The summed E-state index contributed by atoms with van der Waals surface area (Å²) in [6, 6.07) is 27.9. The SMILES string of the molecule is CCOc1cc(C=C(C#N)c2ccccc2Cl)cc(Br)c1OCc1ccc2ccccc2c1. The van der Waals surface area contributed by atoms with Crippen LogP contribution in [0.1, 0.15) is 23.6 Å². The first-order valence-corrected chi connectivity index (χ1v) is 11.7. The van der Waals surface area contributed by atoms with Crippen LogP contribution in [0.2, 0.25) is 5.02 Å². The van der Waals surface area contributed by atoms with Gasteiger partial charge in [-0.1, -0.05) is 66.2 Å². The summed E-state index contributed by atoms with van der Waals surface area (Å²) in [5, 5.41) is 12.6. The monoisotopic (exact) mass is 517 g/mol. The summed E-state index contributed by atoms with van der Waals surface area (Å²) in [5.74, 6) is 1.23. The van der Waals surface area contributed by atoms with E-state index in [1.165, 1.54) is 10.8 Å². The van der Waals surface area contributed by atoms with Crippen molar-refractivity contribution in [1.29, 1.82) is 5.26 Å². The maximum absolute atomic E-state index is 9.70. The van der Waals surface area contributed by atoms with Gasteiger partial charge in [0, 0.05) is 10.6 Å². The van der Waals surface area contributed by atoms with Gasteiger partial charge in [-0.05, 0) is 75.1 Å². The third kappa shape index (κ3) is 5.39. The van der Waals surface area contributed by atoms with Crippen LogP contribution in [0, 0.1) is 11.3 Å². The summed E-state index contributed by atoms with van der Waals surface area (Å²) in [6.45, 7) is 2.82. The fraction of sp³-hybridized carbons (Fsp3) is 0.107. The molecule has 0 aliphatic rings. The number of halogens is 2. The van der Waals surface area contributed by atoms with Crippen molar-refractivity contribution in [1.82, 2.24) is 0 Å². The number of nitrogens with zero attached hydrogens (tertiary/aromatic N) is 1. The molecule has 4 aromatic rings. The van der Waals surface area contributed by atoms with Crippen LogP contribution in [0.3, 0.4) is 0 Å². The summed E-state index contributed by atoms with van der Waals surface area (Å²) in [7, 11) is 0. The van der Waals surface area contributed by atoms with Crippen molar-refractivity contribution >= 4 is 50.0 Å². The van der Waals surface area contributed by atoms with E-state index in [0.29, 0.717) is 40.9 Å². The topological polar surface area (TPSA) is 42.2 Å². The number of hydrogen-bond acceptors (Lipinski definition) is 3. The summed E-state index contributed by atoms with van der Waals surface area (Å²) >= 11 is 9.91. The molecule has 0 aliphatic carbocycles. The Balaban J connectivity index is 1.64. The van der Waals surface area contributed by atoms with E-state index in [4.69, 9.17) is 21.1 Å². The zero-order valence-corrected chi connectivity index (χ0v) is 20.4. The highest BCUT2D eigenvalue weighted by Crippen LogP contribution is 2.39. The second kappa shape index (κ2) is 10.6. The summed E-state index contributed by atoms with van der Waals surface area (Å²) in [4.78, 5) is 0. The average Bonchev–Trinajstić information content (AvgIpc) is 2.82. The lowest BCUT2D eigenvalue weighted by Gasteiger charge is -2.15. The minimum absolute atomic E-state index is 0.405. The summed E-state index contributed by atoms with van der Waals surface area (Å²) in [5.41, 5.74) is 3.03. The van der Waals surface area contributed by atoms with Crippen molar-refractivity contribution in [3.05, 3.63) is 105 Å². The third-order valence-corrected chi connectivity index (χ3v) is 6.04. The molecular formula is C28H21BrClNO2. The van der Waals surface area contributed by atoms with Gasteiger partial charge >= 0.3 is 0 Å². The molecule has 33 heavy (non-hydrogen) atoms. The Morgan fingerprint density at radius 2 is 1.73 bits per heavy atom. The van der Waals surface area contributed by atoms with Crippen molar-refractivity contribution in [2.75, 3.05) is 6.61 Å². The third-order valence-electron chi connectivity index (χ3n) is 5.12. The smallest absolute Gasteiger partial charge is 0.175 e. The normalized spacial score (nSPS) is 11.3. The van der Waals surface area contributed by atoms with Gasteiger partial charge in [-0.2, -0.15) is 5.26 Å². The van der Waals surface area contributed by atoms with Gasteiger partial charge in [0.1, 0.15) is 6.61 Å². The van der Waals surface area contributed by atoms with E-state index in [9.17, 15) is 5.26 Å². The molecule has 0 atom stereocenters. The van der Waals surface area contributed by atoms with E-state index >= 15 is 0 Å². The Kier molecular flexibility index (Phi) is 7.34. The van der Waals surface area contributed by atoms with Gasteiger partial charge in [0.05, 0.1) is 22.7 Å². The molecule has 0 saturated carbocycles. The zero-order valence-electron chi connectivity index (χ0n) is 18.0. The molecule has 3 nitrogen and oxygen atoms in total. The molecule has 4 aromatic carbocycles. The van der Waals surface area contributed by atoms with Crippen molar-refractivity contribution in [3.8, 4) is 17.6 Å². The lowest BCUT2D eigenvalue weighted by Crippen LogP contribution is -2.01. The first kappa shape index (κ1) is 22.9. The second-order valence-corrected chi connectivity index (χ2v) is 8.64. The fourth-order valence-corrected chi connectivity index (χ4v) is 4.39. The van der Waals surface area contributed by atoms with Gasteiger partial charge in [-0.15, -0.1) is 0 Å². The molecular weight excluding hydrogens is 498 g/mol. The summed E-state index contributed by atoms with van der Waals surface area (Å²) < 4.78 is 12.8. The molecule has 0 bridgehead atoms. The minimum Gasteiger partial charge on any atom is -0.490 e. The van der Waals surface area contributed by atoms with Gasteiger partial charge in [-0.3, -0.25) is 0 Å². The van der Waals surface area contributed by atoms with Gasteiger partial charge in [0.2, 0.25) is 0 Å². The van der Waals surface area contributed by atoms with Crippen LogP contribution in [0.5, 0.6) is 11.5 Å². The van der Waals surface area contributed by atoms with Crippen molar-refractivity contribution in [2.45, 2.75) is 13.5 Å². The maximum atomic E-state index is 9.70. The molecule has 4 rings (SSSR count). The van der Waals surface area contributed by atoms with E-state index in [1.54, 1.807) is 12.1 Å². The Bertz CT molecular complexity index is 1370. The van der Waals surface area contributed by atoms with E-state index in [-0.39, 0.29) is 0 Å². The van der Waals surface area contributed by atoms with Crippen LogP contribution >= 0.6 is 27.5 Å². The molecule has 0 aliphatic heterocycles. The lowest BCUT2D eigenvalue weighted by atomic mass is 10.0. The Labute approximate surface area is 207 Å². The molecule has 0 radical (unpaired) electrons. The highest BCUT2D eigenvalue weighted by molar-refractivity contribution is 9.10. The van der Waals surface area contributed by atoms with E-state index in [0.717, 1.165) is 15.6 Å². The molecule has 0 unspecified atom stereocenters. The molecule has 164 valence electrons. The van der Waals surface area contributed by atoms with Crippen molar-refractivity contribution in [2.24, 2.45) is 0 Å². The number of nitriles is 1. The van der Waals surface area contributed by atoms with Crippen LogP contribution in [0.4, 0.5) is 0 Å². The number of benzene rings is 4. The Hall–Kier alpha value is -3.26. The number of allylic oxidation sites excluding steroid dienone is 1. The number of ether oxygens (including phenoxy) is 2. The fourth-order valence-electron chi connectivity index (χ4n) is 3.57. The molecule has 0 saturated heterocycles. The number of hydrogen-bond donors (Lipinski definition) is 0. The molecule has 0 aromatic heterocycles. The first-order valence-electron chi connectivity index (χ1n) is 10.5. The maximum Gasteiger partial charge on any atom is 0.175 e. The van der Waals surface area contributed by atoms with E-state index in [1.807, 2.05) is 49.4 Å². The van der Waals surface area contributed by atoms with Crippen molar-refractivity contribution in [3.63, 3.8) is 0 Å². The molecule has 0 N–H and O–H groups in total. The molecule has 0 spiro atoms. The van der Waals surface area contributed by atoms with E-state index < -0.39 is 0 Å². The molecule has 0 fully saturated rings. The van der Waals surface area contributed by atoms with Gasteiger partial charge in [0.25, 0.3) is 0 Å². The van der Waals surface area contributed by atoms with Crippen LogP contribution in [0.25, 0.3) is 22.4 Å². The Morgan fingerprint density at radius 1 is 0.970 bits per heavy atom. The highest BCUT2D eigenvalue weighted by atomic mass is 79.9. The van der Waals surface area contributed by atoms with Crippen LogP contribution in [0.15, 0.2) is 83.3 Å². The standard InChI is InChI=1S/C28H21BrClNO2/c1-2-32-27-16-20(14-23(17-31)24-9-5-6-10-26(24)30)15-25(29)28(27)33-18-19-11-12-21-7-3-4-8-22(21)13-19/h3-16H,2,18H2,1H3. The summed E-state index contributed by atoms with van der Waals surface area (Å²) in [6.07, 6.45) is 1.79. The van der Waals surface area contributed by atoms with Crippen LogP contribution in [-0.4, -0.2) is 6.61 Å². The highest BCUT2D eigenvalue weighted by Gasteiger charge is 2.14. The molecule has 0 heterocycles. The number of rotatable bonds is 7. The largest absolute Gasteiger partial charge is 0.490 e. The first-order chi connectivity index (χ1) is 16.1. The van der Waals surface area contributed by atoms with Crippen molar-refractivity contribution < 1.29 is 9.47 Å². The zero-order chi connectivity index (χ0) is 23.2. The quantitative estimate of drug-likeness (QED) is 0.182.